The molecule has 0 saturated carbocycles. The van der Waals surface area contributed by atoms with E-state index in [-0.39, 0.29) is 16.9 Å². The molecular weight excluding hydrogens is 408 g/mol. The minimum Gasteiger partial charge on any atom is -0.376 e. The first-order valence-corrected chi connectivity index (χ1v) is 11.2. The van der Waals surface area contributed by atoms with Gasteiger partial charge in [0.25, 0.3) is 15.9 Å². The smallest absolute Gasteiger partial charge is 0.264 e. The summed E-state index contributed by atoms with van der Waals surface area (Å²) in [7, 11) is -2.40. The van der Waals surface area contributed by atoms with Crippen molar-refractivity contribution in [3.05, 3.63) is 45.1 Å². The minimum absolute atomic E-state index is 0.0218. The van der Waals surface area contributed by atoms with E-state index in [1.54, 1.807) is 24.4 Å². The first kappa shape index (κ1) is 20.1. The maximum Gasteiger partial charge on any atom is 0.264 e. The molecule has 0 bridgehead atoms. The van der Waals surface area contributed by atoms with Crippen LogP contribution in [0.1, 0.15) is 28.1 Å². The van der Waals surface area contributed by atoms with Crippen LogP contribution in [-0.2, 0) is 14.8 Å². The van der Waals surface area contributed by atoms with Gasteiger partial charge in [0, 0.05) is 25.2 Å². The van der Waals surface area contributed by atoms with Crippen molar-refractivity contribution in [1.82, 2.24) is 5.32 Å². The second kappa shape index (κ2) is 8.18. The van der Waals surface area contributed by atoms with E-state index in [4.69, 9.17) is 16.3 Å². The number of aryl methyl sites for hydroxylation is 1. The third-order valence-electron chi connectivity index (χ3n) is 4.51. The van der Waals surface area contributed by atoms with E-state index in [1.807, 2.05) is 0 Å². The molecule has 9 heteroatoms. The quantitative estimate of drug-likeness (QED) is 0.764. The number of nitrogens with one attached hydrogen (secondary N) is 1. The summed E-state index contributed by atoms with van der Waals surface area (Å²) in [6.07, 6.45) is 1.93. The van der Waals surface area contributed by atoms with E-state index in [0.29, 0.717) is 28.7 Å². The molecule has 1 atom stereocenters. The lowest BCUT2D eigenvalue weighted by Gasteiger charge is -2.20. The molecule has 6 nitrogen and oxygen atoms in total. The predicted octanol–water partition coefficient (Wildman–Crippen LogP) is 3.44. The highest BCUT2D eigenvalue weighted by Crippen LogP contribution is 2.31. The van der Waals surface area contributed by atoms with Crippen molar-refractivity contribution in [3.8, 4) is 0 Å². The number of hydrogen-bond acceptors (Lipinski definition) is 5. The number of ether oxygens (including phenoxy) is 1. The van der Waals surface area contributed by atoms with Crippen molar-refractivity contribution in [1.29, 1.82) is 0 Å². The average Bonchev–Trinajstić information content (AvgIpc) is 3.32. The van der Waals surface area contributed by atoms with E-state index < -0.39 is 10.0 Å². The molecule has 0 aliphatic carbocycles. The molecule has 146 valence electrons. The number of hydrogen-bond donors (Lipinski definition) is 1. The van der Waals surface area contributed by atoms with Gasteiger partial charge in [0.15, 0.2) is 0 Å². The molecule has 27 heavy (non-hydrogen) atoms. The SMILES string of the molecule is Cc1ccc(S(=O)(=O)N(C)c2ccsc2C(=O)NC[C@H]2CCCO2)cc1Cl. The van der Waals surface area contributed by atoms with Crippen LogP contribution in [0.4, 0.5) is 5.69 Å². The maximum absolute atomic E-state index is 13.0. The summed E-state index contributed by atoms with van der Waals surface area (Å²) >= 11 is 7.28. The Balaban J connectivity index is 1.80. The molecular formula is C18H21ClN2O4S2. The fourth-order valence-electron chi connectivity index (χ4n) is 2.83. The number of halogens is 1. The van der Waals surface area contributed by atoms with Crippen LogP contribution in [0.3, 0.4) is 0 Å². The highest BCUT2D eigenvalue weighted by molar-refractivity contribution is 7.92. The molecule has 2 aromatic rings. The van der Waals surface area contributed by atoms with Gasteiger partial charge in [-0.3, -0.25) is 9.10 Å². The van der Waals surface area contributed by atoms with E-state index in [0.717, 1.165) is 22.7 Å². The summed E-state index contributed by atoms with van der Waals surface area (Å²) in [5.41, 5.74) is 1.13. The Morgan fingerprint density at radius 3 is 2.85 bits per heavy atom. The Morgan fingerprint density at radius 2 is 2.19 bits per heavy atom. The molecule has 3 rings (SSSR count). The third-order valence-corrected chi connectivity index (χ3v) is 7.58. The molecule has 1 aliphatic heterocycles. The molecule has 2 heterocycles. The zero-order valence-electron chi connectivity index (χ0n) is 15.1. The van der Waals surface area contributed by atoms with Gasteiger partial charge in [-0.1, -0.05) is 17.7 Å². The van der Waals surface area contributed by atoms with Crippen LogP contribution in [0.5, 0.6) is 0 Å². The summed E-state index contributed by atoms with van der Waals surface area (Å²) in [4.78, 5) is 13.0. The summed E-state index contributed by atoms with van der Waals surface area (Å²) in [5.74, 6) is -0.306. The van der Waals surface area contributed by atoms with Gasteiger partial charge in [-0.2, -0.15) is 0 Å². The number of rotatable bonds is 6. The Morgan fingerprint density at radius 1 is 1.41 bits per heavy atom. The zero-order chi connectivity index (χ0) is 19.6. The molecule has 1 amide bonds. The van der Waals surface area contributed by atoms with Gasteiger partial charge >= 0.3 is 0 Å². The lowest BCUT2D eigenvalue weighted by atomic mass is 10.2. The molecule has 1 fully saturated rings. The van der Waals surface area contributed by atoms with Crippen LogP contribution in [0.15, 0.2) is 34.5 Å². The Kier molecular flexibility index (Phi) is 6.10. The molecule has 1 aromatic heterocycles. The van der Waals surface area contributed by atoms with Gasteiger partial charge in [0.05, 0.1) is 16.7 Å². The van der Waals surface area contributed by atoms with Crippen molar-refractivity contribution in [2.45, 2.75) is 30.8 Å². The third kappa shape index (κ3) is 4.29. The van der Waals surface area contributed by atoms with Gasteiger partial charge in [-0.15, -0.1) is 11.3 Å². The lowest BCUT2D eigenvalue weighted by Crippen LogP contribution is -2.33. The number of anilines is 1. The molecule has 1 saturated heterocycles. The topological polar surface area (TPSA) is 75.7 Å². The van der Waals surface area contributed by atoms with E-state index in [1.165, 1.54) is 30.5 Å². The number of benzene rings is 1. The highest BCUT2D eigenvalue weighted by atomic mass is 35.5. The standard InChI is InChI=1S/C18H21ClN2O4S2/c1-12-5-6-14(10-15(12)19)27(23,24)21(2)16-7-9-26-17(16)18(22)20-11-13-4-3-8-25-13/h5-7,9-10,13H,3-4,8,11H2,1-2H3,(H,20,22)/t13-/m1/s1. The maximum atomic E-state index is 13.0. The van der Waals surface area contributed by atoms with Gasteiger partial charge in [0.1, 0.15) is 4.88 Å². The number of carbonyl (C=O) groups excluding carboxylic acids is 1. The first-order valence-electron chi connectivity index (χ1n) is 8.53. The molecule has 0 spiro atoms. The second-order valence-corrected chi connectivity index (χ2v) is 9.66. The summed E-state index contributed by atoms with van der Waals surface area (Å²) in [5, 5.41) is 4.91. The number of carbonyl (C=O) groups is 1. The van der Waals surface area contributed by atoms with Crippen LogP contribution in [0, 0.1) is 6.92 Å². The lowest BCUT2D eigenvalue weighted by molar-refractivity contribution is 0.0861. The van der Waals surface area contributed by atoms with Crippen LogP contribution in [-0.4, -0.2) is 40.6 Å². The molecule has 0 radical (unpaired) electrons. The summed E-state index contributed by atoms with van der Waals surface area (Å²) in [6, 6.07) is 6.22. The first-order chi connectivity index (χ1) is 12.8. The Labute approximate surface area is 168 Å². The normalized spacial score (nSPS) is 17.1. The van der Waals surface area contributed by atoms with Gasteiger partial charge in [-0.05, 0) is 48.9 Å². The Hall–Kier alpha value is -1.61. The molecule has 1 N–H and O–H groups in total. The van der Waals surface area contributed by atoms with E-state index in [2.05, 4.69) is 5.32 Å². The number of amides is 1. The fourth-order valence-corrected chi connectivity index (χ4v) is 5.21. The van der Waals surface area contributed by atoms with E-state index >= 15 is 0 Å². The number of thiophene rings is 1. The largest absolute Gasteiger partial charge is 0.376 e. The molecule has 1 aliphatic rings. The highest BCUT2D eigenvalue weighted by Gasteiger charge is 2.27. The van der Waals surface area contributed by atoms with Crippen molar-refractivity contribution in [2.24, 2.45) is 0 Å². The molecule has 0 unspecified atom stereocenters. The summed E-state index contributed by atoms with van der Waals surface area (Å²) in [6.45, 7) is 2.93. The van der Waals surface area contributed by atoms with Crippen molar-refractivity contribution < 1.29 is 17.9 Å². The van der Waals surface area contributed by atoms with Crippen LogP contribution < -0.4 is 9.62 Å². The van der Waals surface area contributed by atoms with Crippen molar-refractivity contribution in [3.63, 3.8) is 0 Å². The van der Waals surface area contributed by atoms with Crippen LogP contribution in [0.2, 0.25) is 5.02 Å². The van der Waals surface area contributed by atoms with E-state index in [9.17, 15) is 13.2 Å². The van der Waals surface area contributed by atoms with Gasteiger partial charge in [0.2, 0.25) is 0 Å². The Bertz CT molecular complexity index is 937. The molecule has 1 aromatic carbocycles. The van der Waals surface area contributed by atoms with Crippen molar-refractivity contribution >= 4 is 44.6 Å². The monoisotopic (exact) mass is 428 g/mol. The van der Waals surface area contributed by atoms with Gasteiger partial charge in [-0.25, -0.2) is 8.42 Å². The van der Waals surface area contributed by atoms with Crippen molar-refractivity contribution in [2.75, 3.05) is 24.5 Å². The minimum atomic E-state index is -3.84. The zero-order valence-corrected chi connectivity index (χ0v) is 17.5. The van der Waals surface area contributed by atoms with Crippen LogP contribution in [0.25, 0.3) is 0 Å². The predicted molar refractivity (Wildman–Crippen MR) is 107 cm³/mol. The fraction of sp³-hybridized carbons (Fsp3) is 0.389. The average molecular weight is 429 g/mol. The van der Waals surface area contributed by atoms with Crippen LogP contribution >= 0.6 is 22.9 Å². The van der Waals surface area contributed by atoms with Gasteiger partial charge < -0.3 is 10.1 Å². The second-order valence-electron chi connectivity index (χ2n) is 6.36. The number of sulfonamides is 1. The summed E-state index contributed by atoms with van der Waals surface area (Å²) < 4.78 is 32.5. The number of nitrogens with zero attached hydrogens (tertiary/aromatic N) is 1.